The fraction of sp³-hybridized carbons (Fsp3) is 0.435. The van der Waals surface area contributed by atoms with Crippen LogP contribution < -0.4 is 10.1 Å². The number of carbonyl (C=O) groups excluding carboxylic acids is 1. The third-order valence-corrected chi connectivity index (χ3v) is 7.65. The minimum atomic E-state index is -3.44. The van der Waals surface area contributed by atoms with Gasteiger partial charge in [-0.25, -0.2) is 0 Å². The first-order valence-corrected chi connectivity index (χ1v) is 12.3. The van der Waals surface area contributed by atoms with E-state index in [0.29, 0.717) is 56.5 Å². The highest BCUT2D eigenvalue weighted by Crippen LogP contribution is 2.29. The molecule has 1 saturated heterocycles. The molecule has 1 amide bonds. The summed E-state index contributed by atoms with van der Waals surface area (Å²) in [7, 11) is -3.44. The van der Waals surface area contributed by atoms with Crippen molar-refractivity contribution >= 4 is 21.8 Å². The predicted octanol–water partition coefficient (Wildman–Crippen LogP) is 2.93. The molecule has 9 heteroatoms. The van der Waals surface area contributed by atoms with Crippen molar-refractivity contribution in [2.75, 3.05) is 51.1 Å². The van der Waals surface area contributed by atoms with E-state index in [-0.39, 0.29) is 12.5 Å². The summed E-state index contributed by atoms with van der Waals surface area (Å²) in [5, 5.41) is 2.92. The first kappa shape index (κ1) is 24.2. The van der Waals surface area contributed by atoms with Gasteiger partial charge in [-0.3, -0.25) is 9.69 Å². The average molecular weight is 461 g/mol. The van der Waals surface area contributed by atoms with Crippen LogP contribution in [0.4, 0.5) is 5.69 Å². The van der Waals surface area contributed by atoms with Crippen LogP contribution in [0.15, 0.2) is 48.5 Å². The maximum absolute atomic E-state index is 12.7. The van der Waals surface area contributed by atoms with Crippen molar-refractivity contribution in [1.82, 2.24) is 13.5 Å². The van der Waals surface area contributed by atoms with Gasteiger partial charge in [-0.1, -0.05) is 43.7 Å². The first-order valence-electron chi connectivity index (χ1n) is 10.9. The summed E-state index contributed by atoms with van der Waals surface area (Å²) in [5.74, 6) is 1.10. The Hall–Kier alpha value is -2.46. The molecule has 8 nitrogen and oxygen atoms in total. The van der Waals surface area contributed by atoms with E-state index < -0.39 is 10.2 Å². The summed E-state index contributed by atoms with van der Waals surface area (Å²) in [4.78, 5) is 14.6. The summed E-state index contributed by atoms with van der Waals surface area (Å²) < 4.78 is 34.2. The Balaban J connectivity index is 1.55. The summed E-state index contributed by atoms with van der Waals surface area (Å²) in [6, 6.07) is 15.0. The van der Waals surface area contributed by atoms with Crippen LogP contribution in [0, 0.1) is 6.92 Å². The monoisotopic (exact) mass is 460 g/mol. The van der Waals surface area contributed by atoms with Crippen LogP contribution in [0.1, 0.15) is 19.4 Å². The Morgan fingerprint density at radius 1 is 1.00 bits per heavy atom. The highest BCUT2D eigenvalue weighted by molar-refractivity contribution is 7.86. The van der Waals surface area contributed by atoms with Gasteiger partial charge in [0.1, 0.15) is 5.75 Å². The molecule has 1 heterocycles. The molecule has 0 aliphatic carbocycles. The number of aryl methyl sites for hydroxylation is 1. The van der Waals surface area contributed by atoms with Crippen molar-refractivity contribution < 1.29 is 17.9 Å². The summed E-state index contributed by atoms with van der Waals surface area (Å²) >= 11 is 0. The molecule has 0 saturated carbocycles. The molecule has 2 aromatic rings. The third kappa shape index (κ3) is 6.07. The van der Waals surface area contributed by atoms with Crippen LogP contribution in [-0.2, 0) is 15.0 Å². The van der Waals surface area contributed by atoms with E-state index in [1.54, 1.807) is 6.07 Å². The number of carbonyl (C=O) groups is 1. The van der Waals surface area contributed by atoms with Crippen LogP contribution in [0.25, 0.3) is 0 Å². The van der Waals surface area contributed by atoms with Gasteiger partial charge in [-0.15, -0.1) is 0 Å². The molecule has 174 valence electrons. The number of ether oxygens (including phenoxy) is 1. The lowest BCUT2D eigenvalue weighted by Crippen LogP contribution is -2.54. The molecule has 0 unspecified atom stereocenters. The number of hydrogen-bond donors (Lipinski definition) is 1. The summed E-state index contributed by atoms with van der Waals surface area (Å²) in [6.45, 7) is 8.54. The summed E-state index contributed by atoms with van der Waals surface area (Å²) in [6.07, 6.45) is 0. The van der Waals surface area contributed by atoms with Crippen LogP contribution in [0.3, 0.4) is 0 Å². The number of benzene rings is 2. The smallest absolute Gasteiger partial charge is 0.282 e. The number of nitrogens with zero attached hydrogens (tertiary/aromatic N) is 3. The Labute approximate surface area is 190 Å². The molecule has 32 heavy (non-hydrogen) atoms. The van der Waals surface area contributed by atoms with Crippen LogP contribution in [0.5, 0.6) is 11.5 Å². The maximum Gasteiger partial charge on any atom is 0.282 e. The van der Waals surface area contributed by atoms with E-state index in [4.69, 9.17) is 4.74 Å². The molecule has 0 spiro atoms. The van der Waals surface area contributed by atoms with Gasteiger partial charge in [0.05, 0.1) is 12.2 Å². The molecule has 1 fully saturated rings. The number of anilines is 1. The van der Waals surface area contributed by atoms with Gasteiger partial charge >= 0.3 is 0 Å². The molecule has 0 atom stereocenters. The highest BCUT2D eigenvalue weighted by Gasteiger charge is 2.31. The zero-order valence-electron chi connectivity index (χ0n) is 19.0. The minimum absolute atomic E-state index is 0.162. The Kier molecular flexibility index (Phi) is 8.25. The highest BCUT2D eigenvalue weighted by atomic mass is 32.2. The number of rotatable bonds is 9. The fourth-order valence-corrected chi connectivity index (χ4v) is 5.22. The molecular weight excluding hydrogens is 428 g/mol. The van der Waals surface area contributed by atoms with Gasteiger partial charge in [0, 0.05) is 39.3 Å². The second-order valence-electron chi connectivity index (χ2n) is 7.73. The molecule has 1 aliphatic heterocycles. The number of nitrogens with one attached hydrogen (secondary N) is 1. The normalized spacial score (nSPS) is 15.6. The van der Waals surface area contributed by atoms with Gasteiger partial charge in [-0.2, -0.15) is 17.0 Å². The van der Waals surface area contributed by atoms with E-state index in [0.717, 1.165) is 5.56 Å². The van der Waals surface area contributed by atoms with Crippen molar-refractivity contribution in [3.63, 3.8) is 0 Å². The molecule has 0 aromatic heterocycles. The predicted molar refractivity (Wildman–Crippen MR) is 126 cm³/mol. The van der Waals surface area contributed by atoms with E-state index in [9.17, 15) is 13.2 Å². The molecule has 2 aromatic carbocycles. The number of para-hydroxylation sites is 2. The molecule has 0 radical (unpaired) electrons. The Morgan fingerprint density at radius 3 is 2.25 bits per heavy atom. The second-order valence-corrected chi connectivity index (χ2v) is 9.66. The van der Waals surface area contributed by atoms with E-state index in [1.807, 2.05) is 68.1 Å². The van der Waals surface area contributed by atoms with Crippen molar-refractivity contribution in [2.24, 2.45) is 0 Å². The molecule has 3 rings (SSSR count). The van der Waals surface area contributed by atoms with Crippen LogP contribution >= 0.6 is 0 Å². The number of amides is 1. The quantitative estimate of drug-likeness (QED) is 0.622. The van der Waals surface area contributed by atoms with E-state index in [1.165, 1.54) is 8.61 Å². The Morgan fingerprint density at radius 2 is 1.62 bits per heavy atom. The Bertz CT molecular complexity index is 999. The van der Waals surface area contributed by atoms with Crippen molar-refractivity contribution in [2.45, 2.75) is 20.8 Å². The maximum atomic E-state index is 12.7. The van der Waals surface area contributed by atoms with Crippen LogP contribution in [0.2, 0.25) is 0 Å². The molecule has 1 aliphatic rings. The number of piperazine rings is 1. The van der Waals surface area contributed by atoms with Gasteiger partial charge in [0.15, 0.2) is 5.75 Å². The van der Waals surface area contributed by atoms with Gasteiger partial charge in [0.2, 0.25) is 5.91 Å². The zero-order valence-corrected chi connectivity index (χ0v) is 19.8. The van der Waals surface area contributed by atoms with Crippen molar-refractivity contribution in [3.8, 4) is 11.5 Å². The lowest BCUT2D eigenvalue weighted by molar-refractivity contribution is -0.117. The van der Waals surface area contributed by atoms with Gasteiger partial charge in [0.25, 0.3) is 10.2 Å². The van der Waals surface area contributed by atoms with E-state index in [2.05, 4.69) is 5.32 Å². The van der Waals surface area contributed by atoms with Crippen molar-refractivity contribution in [1.29, 1.82) is 0 Å². The molecule has 0 bridgehead atoms. The minimum Gasteiger partial charge on any atom is -0.455 e. The van der Waals surface area contributed by atoms with Crippen LogP contribution in [-0.4, -0.2) is 73.6 Å². The first-order chi connectivity index (χ1) is 15.3. The standard InChI is InChI=1S/C23H32N4O4S/c1-4-26(5-2)32(29,30)27-16-14-25(15-17-27)18-23(28)24-21-8-6-7-9-22(21)31-20-12-10-19(3)11-13-20/h6-13H,4-5,14-18H2,1-3H3,(H,24,28). The zero-order chi connectivity index (χ0) is 23.1. The second kappa shape index (κ2) is 10.9. The average Bonchev–Trinajstić information content (AvgIpc) is 2.77. The lowest BCUT2D eigenvalue weighted by Gasteiger charge is -2.35. The SMILES string of the molecule is CCN(CC)S(=O)(=O)N1CCN(CC(=O)Nc2ccccc2Oc2ccc(C)cc2)CC1. The van der Waals surface area contributed by atoms with E-state index >= 15 is 0 Å². The topological polar surface area (TPSA) is 82.2 Å². The third-order valence-electron chi connectivity index (χ3n) is 5.47. The molecular formula is C23H32N4O4S. The number of hydrogen-bond acceptors (Lipinski definition) is 5. The van der Waals surface area contributed by atoms with Crippen molar-refractivity contribution in [3.05, 3.63) is 54.1 Å². The fourth-order valence-electron chi connectivity index (χ4n) is 3.62. The van der Waals surface area contributed by atoms with Gasteiger partial charge in [-0.05, 0) is 31.2 Å². The lowest BCUT2D eigenvalue weighted by atomic mass is 10.2. The summed E-state index contributed by atoms with van der Waals surface area (Å²) in [5.41, 5.74) is 1.74. The molecule has 1 N–H and O–H groups in total. The van der Waals surface area contributed by atoms with Gasteiger partial charge < -0.3 is 10.1 Å². The largest absolute Gasteiger partial charge is 0.455 e.